The van der Waals surface area contributed by atoms with Gasteiger partial charge in [0.25, 0.3) is 0 Å². The van der Waals surface area contributed by atoms with Gasteiger partial charge in [0.1, 0.15) is 0 Å². The number of rotatable bonds is 0. The molecule has 0 rings (SSSR count). The van der Waals surface area contributed by atoms with Crippen LogP contribution in [0.5, 0.6) is 0 Å². The maximum Gasteiger partial charge on any atom is 0.160 e. The van der Waals surface area contributed by atoms with Crippen LogP contribution >= 0.6 is 28.1 Å². The first-order chi connectivity index (χ1) is 3.46. The van der Waals surface area contributed by atoms with E-state index in [-0.39, 0.29) is 10.1 Å². The van der Waals surface area contributed by atoms with Crippen LogP contribution < -0.4 is 17.2 Å². The van der Waals surface area contributed by atoms with Crippen LogP contribution in [0.3, 0.4) is 0 Å². The van der Waals surface area contributed by atoms with E-state index < -0.39 is 0 Å². The number of hydrogen-bond acceptors (Lipinski definition) is 2. The number of thiocarbonyl (C=S) groups is 1. The molecule has 0 saturated carbocycles. The molecule has 50 valence electrons. The molecule has 6 N–H and O–H groups in total. The molecule has 0 aliphatic rings. The highest BCUT2D eigenvalue weighted by molar-refractivity contribution is 9.09. The van der Waals surface area contributed by atoms with Crippen molar-refractivity contribution in [3.63, 3.8) is 0 Å². The second-order valence-electron chi connectivity index (χ2n) is 1.08. The van der Waals surface area contributed by atoms with E-state index in [1.165, 1.54) is 0 Å². The van der Waals surface area contributed by atoms with Gasteiger partial charge < -0.3 is 17.2 Å². The smallest absolute Gasteiger partial charge is 0.160 e. The summed E-state index contributed by atoms with van der Waals surface area (Å²) in [4.78, 5) is 0.146. The monoisotopic (exact) mass is 199 g/mol. The highest BCUT2D eigenvalue weighted by Gasteiger charge is 1.70. The molecule has 0 fully saturated rings. The molecule has 0 saturated heterocycles. The Balaban J connectivity index is 0. The summed E-state index contributed by atoms with van der Waals surface area (Å²) in [5.74, 6) is 0. The summed E-state index contributed by atoms with van der Waals surface area (Å²) in [6, 6.07) is 0. The zero-order valence-electron chi connectivity index (χ0n) is 4.60. The molecule has 0 amide bonds. The Bertz CT molecular complexity index is 58.8. The minimum absolute atomic E-state index is 0.000000000000000222. The van der Waals surface area contributed by atoms with E-state index in [1.807, 2.05) is 6.92 Å². The zero-order valence-corrected chi connectivity index (χ0v) is 7.00. The third-order valence-electron chi connectivity index (χ3n) is 0. The van der Waals surface area contributed by atoms with Crippen molar-refractivity contribution >= 4 is 33.3 Å². The molecular weight excluding hydrogens is 190 g/mol. The van der Waals surface area contributed by atoms with Crippen LogP contribution in [0.15, 0.2) is 0 Å². The number of hydrogen-bond donors (Lipinski definition) is 3. The largest absolute Gasteiger partial charge is 0.377 e. The first-order valence-corrected chi connectivity index (χ1v) is 3.23. The molecule has 5 heteroatoms. The maximum absolute atomic E-state index is 5.03. The van der Waals surface area contributed by atoms with E-state index >= 15 is 0 Å². The van der Waals surface area contributed by atoms with Crippen molar-refractivity contribution in [3.8, 4) is 0 Å². The summed E-state index contributed by atoms with van der Waals surface area (Å²) in [7, 11) is 0. The normalized spacial score (nSPS) is 10.9. The van der Waals surface area contributed by atoms with Gasteiger partial charge in [0, 0.05) is 0 Å². The van der Waals surface area contributed by atoms with Crippen LogP contribution in [0.25, 0.3) is 0 Å². The molecule has 0 bridgehead atoms. The predicted octanol–water partition coefficient (Wildman–Crippen LogP) is -0.125. The van der Waals surface area contributed by atoms with Crippen LogP contribution in [0, 0.1) is 0 Å². The van der Waals surface area contributed by atoms with Crippen molar-refractivity contribution in [1.29, 1.82) is 0 Å². The lowest BCUT2D eigenvalue weighted by atomic mass is 10.8. The van der Waals surface area contributed by atoms with Gasteiger partial charge in [-0.25, -0.2) is 0 Å². The first kappa shape index (κ1) is 11.0. The van der Waals surface area contributed by atoms with Crippen molar-refractivity contribution in [2.24, 2.45) is 17.2 Å². The Morgan fingerprint density at radius 3 is 1.62 bits per heavy atom. The summed E-state index contributed by atoms with van der Waals surface area (Å²) in [5, 5.41) is 0.000000000000000222. The van der Waals surface area contributed by atoms with Crippen molar-refractivity contribution < 1.29 is 0 Å². The van der Waals surface area contributed by atoms with E-state index in [2.05, 4.69) is 39.6 Å². The van der Waals surface area contributed by atoms with Gasteiger partial charge in [-0.15, -0.1) is 0 Å². The first-order valence-electron chi connectivity index (χ1n) is 1.91. The van der Waals surface area contributed by atoms with Crippen LogP contribution in [0.1, 0.15) is 6.92 Å². The van der Waals surface area contributed by atoms with Crippen molar-refractivity contribution in [3.05, 3.63) is 0 Å². The van der Waals surface area contributed by atoms with Crippen LogP contribution in [0.4, 0.5) is 0 Å². The van der Waals surface area contributed by atoms with Gasteiger partial charge in [0.15, 0.2) is 5.11 Å². The number of nitrogens with two attached hydrogens (primary N) is 3. The Morgan fingerprint density at radius 2 is 1.62 bits per heavy atom. The van der Waals surface area contributed by atoms with E-state index in [1.54, 1.807) is 0 Å². The second kappa shape index (κ2) is 7.13. The second-order valence-corrected chi connectivity index (χ2v) is 3.00. The summed E-state index contributed by atoms with van der Waals surface area (Å²) >= 11 is 7.14. The lowest BCUT2D eigenvalue weighted by Crippen LogP contribution is -2.18. The fraction of sp³-hybridized carbons (Fsp3) is 0.667. The standard InChI is InChI=1S/C2H6BrN.CH4N2S/c1-2(3)4;2-1(3)4/h2H,4H2,1H3;(H4,2,3,4). The van der Waals surface area contributed by atoms with Gasteiger partial charge in [-0.2, -0.15) is 0 Å². The molecule has 0 radical (unpaired) electrons. The zero-order chi connectivity index (χ0) is 7.15. The minimum atomic E-state index is 0.000000000000000222. The molecular formula is C3H10BrN3S. The fourth-order valence-electron chi connectivity index (χ4n) is 0. The molecule has 0 aliphatic heterocycles. The Labute approximate surface area is 62.7 Å². The Morgan fingerprint density at radius 1 is 1.62 bits per heavy atom. The van der Waals surface area contributed by atoms with Gasteiger partial charge >= 0.3 is 0 Å². The van der Waals surface area contributed by atoms with Crippen molar-refractivity contribution in [2.75, 3.05) is 0 Å². The van der Waals surface area contributed by atoms with Gasteiger partial charge in [0.2, 0.25) is 0 Å². The molecule has 3 nitrogen and oxygen atoms in total. The molecule has 0 spiro atoms. The van der Waals surface area contributed by atoms with Gasteiger partial charge in [0.05, 0.1) is 4.95 Å². The molecule has 0 heterocycles. The van der Waals surface area contributed by atoms with Crippen LogP contribution in [-0.4, -0.2) is 10.1 Å². The fourth-order valence-corrected chi connectivity index (χ4v) is 0. The molecule has 0 aromatic carbocycles. The third-order valence-corrected chi connectivity index (χ3v) is 0. The summed E-state index contributed by atoms with van der Waals surface area (Å²) in [6.45, 7) is 1.86. The maximum atomic E-state index is 5.03. The van der Waals surface area contributed by atoms with Gasteiger partial charge in [-0.05, 0) is 19.1 Å². The predicted molar refractivity (Wildman–Crippen MR) is 43.5 cm³/mol. The Kier molecular flexibility index (Phi) is 9.80. The SMILES string of the molecule is CC(N)Br.NC(N)=S. The Hall–Kier alpha value is 0.130. The lowest BCUT2D eigenvalue weighted by Gasteiger charge is -1.78. The average Bonchev–Trinajstić information content (AvgIpc) is 1.25. The summed E-state index contributed by atoms with van der Waals surface area (Å²) < 4.78 is 0. The van der Waals surface area contributed by atoms with Crippen LogP contribution in [0.2, 0.25) is 0 Å². The van der Waals surface area contributed by atoms with Crippen LogP contribution in [-0.2, 0) is 0 Å². The van der Waals surface area contributed by atoms with E-state index in [0.717, 1.165) is 0 Å². The van der Waals surface area contributed by atoms with E-state index in [9.17, 15) is 0 Å². The van der Waals surface area contributed by atoms with Gasteiger partial charge in [-0.3, -0.25) is 0 Å². The minimum Gasteiger partial charge on any atom is -0.377 e. The molecule has 0 aromatic rings. The molecule has 8 heavy (non-hydrogen) atoms. The summed E-state index contributed by atoms with van der Waals surface area (Å²) in [6.07, 6.45) is 0. The molecule has 1 atom stereocenters. The highest BCUT2D eigenvalue weighted by Crippen LogP contribution is 1.80. The lowest BCUT2D eigenvalue weighted by molar-refractivity contribution is 1.07. The van der Waals surface area contributed by atoms with E-state index in [0.29, 0.717) is 0 Å². The number of halogens is 1. The quantitative estimate of drug-likeness (QED) is 0.289. The topological polar surface area (TPSA) is 78.1 Å². The molecule has 0 aliphatic carbocycles. The van der Waals surface area contributed by atoms with E-state index in [4.69, 9.17) is 5.73 Å². The van der Waals surface area contributed by atoms with Crippen molar-refractivity contribution in [1.82, 2.24) is 0 Å². The number of alkyl halides is 1. The average molecular weight is 200 g/mol. The highest BCUT2D eigenvalue weighted by atomic mass is 79.9. The van der Waals surface area contributed by atoms with Gasteiger partial charge in [-0.1, -0.05) is 15.9 Å². The van der Waals surface area contributed by atoms with Crippen molar-refractivity contribution in [2.45, 2.75) is 11.9 Å². The molecule has 0 aromatic heterocycles. The molecule has 1 unspecified atom stereocenters. The third kappa shape index (κ3) is 9550. The summed E-state index contributed by atoms with van der Waals surface area (Å²) in [5.41, 5.74) is 14.3.